The average Bonchev–Trinajstić information content (AvgIpc) is 2.90. The van der Waals surface area contributed by atoms with Crippen LogP contribution >= 0.6 is 0 Å². The lowest BCUT2D eigenvalue weighted by atomic mass is 10.6. The molecule has 0 atom stereocenters. The predicted octanol–water partition coefficient (Wildman–Crippen LogP) is 1.32. The maximum Gasteiger partial charge on any atom is 0.406 e. The fraction of sp³-hybridized carbons (Fsp3) is 0.778. The van der Waals surface area contributed by atoms with Crippen LogP contribution in [0.2, 0.25) is 0 Å². The first-order valence-electron chi connectivity index (χ1n) is 5.28. The van der Waals surface area contributed by atoms with Gasteiger partial charge >= 0.3 is 12.2 Å². The Kier molecular flexibility index (Phi) is 3.23. The Bertz CT molecular complexity index is 375. The lowest BCUT2D eigenvalue weighted by Crippen LogP contribution is -2.31. The van der Waals surface area contributed by atoms with Gasteiger partial charge < -0.3 is 14.6 Å². The number of nitrogens with zero attached hydrogens (tertiary/aromatic N) is 3. The number of nitrogens with one attached hydrogen (secondary N) is 1. The summed E-state index contributed by atoms with van der Waals surface area (Å²) in [7, 11) is 1.26. The Morgan fingerprint density at radius 1 is 1.41 bits per heavy atom. The Balaban J connectivity index is 1.87. The minimum atomic E-state index is -4.28. The number of hydrogen-bond donors (Lipinski definition) is 1. The predicted molar refractivity (Wildman–Crippen MR) is 53.5 cm³/mol. The summed E-state index contributed by atoms with van der Waals surface area (Å²) in [5, 5.41) is 10.4. The molecule has 0 bridgehead atoms. The molecular formula is C9H13F3N4O. The average molecular weight is 250 g/mol. The first-order chi connectivity index (χ1) is 7.94. The second kappa shape index (κ2) is 4.52. The van der Waals surface area contributed by atoms with Crippen LogP contribution in [0.25, 0.3) is 0 Å². The number of hydrogen-bond acceptors (Lipinski definition) is 5. The van der Waals surface area contributed by atoms with Crippen molar-refractivity contribution < 1.29 is 17.6 Å². The van der Waals surface area contributed by atoms with E-state index in [1.807, 2.05) is 0 Å². The third-order valence-corrected chi connectivity index (χ3v) is 2.32. The highest BCUT2D eigenvalue weighted by atomic mass is 19.4. The van der Waals surface area contributed by atoms with Gasteiger partial charge in [0.15, 0.2) is 0 Å². The van der Waals surface area contributed by atoms with Crippen LogP contribution in [0.15, 0.2) is 4.42 Å². The zero-order chi connectivity index (χ0) is 12.5. The molecule has 0 aromatic carbocycles. The van der Waals surface area contributed by atoms with Crippen molar-refractivity contribution in [2.45, 2.75) is 31.6 Å². The largest absolute Gasteiger partial charge is 0.407 e. The molecule has 5 nitrogen and oxygen atoms in total. The molecule has 1 fully saturated rings. The molecule has 96 valence electrons. The fourth-order valence-corrected chi connectivity index (χ4v) is 1.33. The highest BCUT2D eigenvalue weighted by molar-refractivity contribution is 5.22. The molecule has 17 heavy (non-hydrogen) atoms. The van der Waals surface area contributed by atoms with E-state index in [-0.39, 0.29) is 6.01 Å². The molecule has 0 amide bonds. The van der Waals surface area contributed by atoms with E-state index in [9.17, 15) is 13.2 Å². The normalized spacial score (nSPS) is 16.2. The van der Waals surface area contributed by atoms with E-state index in [2.05, 4.69) is 15.5 Å². The highest BCUT2D eigenvalue weighted by Gasteiger charge is 2.31. The molecule has 0 aliphatic heterocycles. The molecule has 1 heterocycles. The van der Waals surface area contributed by atoms with Crippen molar-refractivity contribution in [3.63, 3.8) is 0 Å². The Hall–Kier alpha value is -1.31. The zero-order valence-electron chi connectivity index (χ0n) is 9.29. The molecule has 0 unspecified atom stereocenters. The van der Waals surface area contributed by atoms with Crippen LogP contribution in [0.3, 0.4) is 0 Å². The summed E-state index contributed by atoms with van der Waals surface area (Å²) in [5.74, 6) is 0.306. The van der Waals surface area contributed by atoms with E-state index in [4.69, 9.17) is 4.42 Å². The molecule has 0 radical (unpaired) electrons. The SMILES string of the molecule is CN(CC(F)(F)F)c1nnc(CNC2CC2)o1. The summed E-state index contributed by atoms with van der Waals surface area (Å²) >= 11 is 0. The molecule has 1 aromatic heterocycles. The molecule has 1 aliphatic rings. The number of aromatic nitrogens is 2. The fourth-order valence-electron chi connectivity index (χ4n) is 1.33. The summed E-state index contributed by atoms with van der Waals surface area (Å²) < 4.78 is 41.5. The van der Waals surface area contributed by atoms with E-state index in [0.29, 0.717) is 18.5 Å². The van der Waals surface area contributed by atoms with Gasteiger partial charge in [-0.15, -0.1) is 5.10 Å². The molecule has 0 spiro atoms. The molecule has 1 saturated carbocycles. The van der Waals surface area contributed by atoms with Crippen molar-refractivity contribution in [1.29, 1.82) is 0 Å². The van der Waals surface area contributed by atoms with Crippen LogP contribution in [-0.4, -0.2) is 36.0 Å². The van der Waals surface area contributed by atoms with Gasteiger partial charge in [-0.25, -0.2) is 0 Å². The smallest absolute Gasteiger partial charge is 0.406 e. The van der Waals surface area contributed by atoms with Crippen LogP contribution in [0, 0.1) is 0 Å². The van der Waals surface area contributed by atoms with Crippen molar-refractivity contribution in [3.05, 3.63) is 5.89 Å². The van der Waals surface area contributed by atoms with Gasteiger partial charge in [-0.2, -0.15) is 13.2 Å². The highest BCUT2D eigenvalue weighted by Crippen LogP contribution is 2.21. The summed E-state index contributed by atoms with van der Waals surface area (Å²) in [4.78, 5) is 0.883. The molecule has 8 heteroatoms. The molecule has 1 N–H and O–H groups in total. The zero-order valence-corrected chi connectivity index (χ0v) is 9.29. The summed E-state index contributed by atoms with van der Waals surface area (Å²) in [6, 6.07) is 0.369. The third kappa shape index (κ3) is 3.88. The second-order valence-corrected chi connectivity index (χ2v) is 4.10. The second-order valence-electron chi connectivity index (χ2n) is 4.10. The standard InChI is InChI=1S/C9H13F3N4O/c1-16(5-9(10,11)12)8-15-14-7(17-8)4-13-6-2-3-6/h6,13H,2-5H2,1H3. The summed E-state index contributed by atoms with van der Waals surface area (Å²) in [6.45, 7) is -0.706. The molecule has 2 rings (SSSR count). The van der Waals surface area contributed by atoms with Gasteiger partial charge in [-0.3, -0.25) is 0 Å². The lowest BCUT2D eigenvalue weighted by molar-refractivity contribution is -0.119. The van der Waals surface area contributed by atoms with Gasteiger partial charge in [0.2, 0.25) is 5.89 Å². The van der Waals surface area contributed by atoms with Crippen LogP contribution in [-0.2, 0) is 6.54 Å². The van der Waals surface area contributed by atoms with Crippen molar-refractivity contribution >= 4 is 6.01 Å². The van der Waals surface area contributed by atoms with Gasteiger partial charge in [0.1, 0.15) is 6.54 Å². The van der Waals surface area contributed by atoms with Gasteiger partial charge in [0, 0.05) is 13.1 Å². The molecule has 0 saturated heterocycles. The monoisotopic (exact) mass is 250 g/mol. The number of anilines is 1. The van der Waals surface area contributed by atoms with Crippen LogP contribution in [0.4, 0.5) is 19.2 Å². The van der Waals surface area contributed by atoms with Crippen LogP contribution in [0.5, 0.6) is 0 Å². The number of alkyl halides is 3. The number of halogens is 3. The molecule has 1 aromatic rings. The van der Waals surface area contributed by atoms with Crippen molar-refractivity contribution in [3.8, 4) is 0 Å². The summed E-state index contributed by atoms with van der Waals surface area (Å²) in [5.41, 5.74) is 0. The minimum absolute atomic E-state index is 0.116. The Morgan fingerprint density at radius 3 is 2.71 bits per heavy atom. The van der Waals surface area contributed by atoms with Crippen molar-refractivity contribution in [2.24, 2.45) is 0 Å². The van der Waals surface area contributed by atoms with Crippen molar-refractivity contribution in [1.82, 2.24) is 15.5 Å². The van der Waals surface area contributed by atoms with E-state index < -0.39 is 12.7 Å². The van der Waals surface area contributed by atoms with E-state index >= 15 is 0 Å². The van der Waals surface area contributed by atoms with Gasteiger partial charge in [-0.1, -0.05) is 5.10 Å². The first kappa shape index (κ1) is 12.2. The number of rotatable bonds is 5. The van der Waals surface area contributed by atoms with Crippen LogP contribution in [0.1, 0.15) is 18.7 Å². The summed E-state index contributed by atoms with van der Waals surface area (Å²) in [6.07, 6.45) is -2.04. The van der Waals surface area contributed by atoms with Gasteiger partial charge in [0.25, 0.3) is 0 Å². The first-order valence-corrected chi connectivity index (χ1v) is 5.28. The van der Waals surface area contributed by atoms with Crippen molar-refractivity contribution in [2.75, 3.05) is 18.5 Å². The lowest BCUT2D eigenvalue weighted by Gasteiger charge is -2.15. The van der Waals surface area contributed by atoms with E-state index in [0.717, 1.165) is 17.7 Å². The third-order valence-electron chi connectivity index (χ3n) is 2.32. The maximum atomic E-state index is 12.1. The Labute approximate surface area is 96.0 Å². The van der Waals surface area contributed by atoms with Gasteiger partial charge in [0.05, 0.1) is 6.54 Å². The van der Waals surface area contributed by atoms with Crippen LogP contribution < -0.4 is 10.2 Å². The van der Waals surface area contributed by atoms with Gasteiger partial charge in [-0.05, 0) is 12.8 Å². The van der Waals surface area contributed by atoms with E-state index in [1.54, 1.807) is 0 Å². The quantitative estimate of drug-likeness (QED) is 0.854. The van der Waals surface area contributed by atoms with E-state index in [1.165, 1.54) is 7.05 Å². The maximum absolute atomic E-state index is 12.1. The topological polar surface area (TPSA) is 54.2 Å². The molecule has 1 aliphatic carbocycles. The Morgan fingerprint density at radius 2 is 2.12 bits per heavy atom. The molecular weight excluding hydrogens is 237 g/mol. The minimum Gasteiger partial charge on any atom is -0.407 e.